The minimum Gasteiger partial charge on any atom is -0.384 e. The molecule has 3 heteroatoms. The Labute approximate surface area is 95.4 Å². The number of para-hydroxylation sites is 1. The Morgan fingerprint density at radius 1 is 1.38 bits per heavy atom. The number of nitrogens with zero attached hydrogens (tertiary/aromatic N) is 1. The average Bonchev–Trinajstić information content (AvgIpc) is 3.07. The molecule has 0 saturated heterocycles. The molecule has 1 amide bonds. The van der Waals surface area contributed by atoms with E-state index in [0.29, 0.717) is 6.04 Å². The zero-order valence-electron chi connectivity index (χ0n) is 9.44. The Morgan fingerprint density at radius 2 is 2.12 bits per heavy atom. The van der Waals surface area contributed by atoms with Gasteiger partial charge >= 0.3 is 0 Å². The minimum atomic E-state index is 0.0156. The highest BCUT2D eigenvalue weighted by molar-refractivity contribution is 5.88. The molecule has 3 rings (SSSR count). The van der Waals surface area contributed by atoms with E-state index in [1.54, 1.807) is 0 Å². The van der Waals surface area contributed by atoms with Gasteiger partial charge in [-0.25, -0.2) is 0 Å². The highest BCUT2D eigenvalue weighted by Crippen LogP contribution is 2.34. The van der Waals surface area contributed by atoms with Crippen LogP contribution in [0.1, 0.15) is 24.3 Å². The van der Waals surface area contributed by atoms with Gasteiger partial charge in [0.05, 0.1) is 5.92 Å². The van der Waals surface area contributed by atoms with E-state index in [4.69, 9.17) is 0 Å². The number of carbonyl (C=O) groups excluding carboxylic acids is 1. The molecule has 1 aromatic carbocycles. The van der Waals surface area contributed by atoms with Crippen LogP contribution in [-0.2, 0) is 4.79 Å². The number of benzene rings is 1. The van der Waals surface area contributed by atoms with Crippen LogP contribution in [0.15, 0.2) is 24.3 Å². The first-order valence-electron chi connectivity index (χ1n) is 5.87. The molecular weight excluding hydrogens is 200 g/mol. The van der Waals surface area contributed by atoms with E-state index in [1.807, 2.05) is 30.1 Å². The van der Waals surface area contributed by atoms with Crippen LogP contribution in [0.4, 0.5) is 5.69 Å². The summed E-state index contributed by atoms with van der Waals surface area (Å²) in [6, 6.07) is 8.60. The van der Waals surface area contributed by atoms with Gasteiger partial charge < -0.3 is 10.2 Å². The van der Waals surface area contributed by atoms with Crippen molar-refractivity contribution in [2.45, 2.75) is 24.8 Å². The monoisotopic (exact) mass is 216 g/mol. The van der Waals surface area contributed by atoms with E-state index < -0.39 is 0 Å². The first-order chi connectivity index (χ1) is 7.77. The third kappa shape index (κ3) is 1.47. The van der Waals surface area contributed by atoms with Gasteiger partial charge in [0.2, 0.25) is 5.91 Å². The maximum atomic E-state index is 12.3. The number of hydrogen-bond donors (Lipinski definition) is 1. The van der Waals surface area contributed by atoms with Crippen molar-refractivity contribution in [1.82, 2.24) is 4.90 Å². The summed E-state index contributed by atoms with van der Waals surface area (Å²) >= 11 is 0. The second kappa shape index (κ2) is 3.51. The lowest BCUT2D eigenvalue weighted by atomic mass is 10.00. The van der Waals surface area contributed by atoms with E-state index in [2.05, 4.69) is 11.4 Å². The SMILES string of the molecule is CN(C(=O)C1CNc2ccccc21)C1CC1. The number of amides is 1. The van der Waals surface area contributed by atoms with Gasteiger partial charge in [-0.2, -0.15) is 0 Å². The van der Waals surface area contributed by atoms with Crippen LogP contribution in [0.3, 0.4) is 0 Å². The Balaban J connectivity index is 1.84. The van der Waals surface area contributed by atoms with Gasteiger partial charge in [-0.1, -0.05) is 18.2 Å². The van der Waals surface area contributed by atoms with E-state index in [9.17, 15) is 4.79 Å². The van der Waals surface area contributed by atoms with Gasteiger partial charge in [0.1, 0.15) is 0 Å². The van der Waals surface area contributed by atoms with Crippen LogP contribution >= 0.6 is 0 Å². The first kappa shape index (κ1) is 9.70. The van der Waals surface area contributed by atoms with Gasteiger partial charge in [0.25, 0.3) is 0 Å². The number of nitrogens with one attached hydrogen (secondary N) is 1. The van der Waals surface area contributed by atoms with Crippen molar-refractivity contribution >= 4 is 11.6 Å². The van der Waals surface area contributed by atoms with Crippen LogP contribution in [0, 0.1) is 0 Å². The predicted octanol–water partition coefficient (Wildman–Crippen LogP) is 1.82. The van der Waals surface area contributed by atoms with Gasteiger partial charge in [0.15, 0.2) is 0 Å². The summed E-state index contributed by atoms with van der Waals surface area (Å²) in [6.07, 6.45) is 2.34. The summed E-state index contributed by atoms with van der Waals surface area (Å²) < 4.78 is 0. The summed E-state index contributed by atoms with van der Waals surface area (Å²) in [5.74, 6) is 0.279. The maximum Gasteiger partial charge on any atom is 0.231 e. The summed E-state index contributed by atoms with van der Waals surface area (Å²) in [6.45, 7) is 0.745. The zero-order valence-corrected chi connectivity index (χ0v) is 9.44. The van der Waals surface area contributed by atoms with Gasteiger partial charge in [-0.05, 0) is 24.5 Å². The fourth-order valence-corrected chi connectivity index (χ4v) is 2.39. The molecule has 16 heavy (non-hydrogen) atoms. The van der Waals surface area contributed by atoms with Crippen LogP contribution < -0.4 is 5.32 Å². The number of carbonyl (C=O) groups is 1. The molecule has 3 nitrogen and oxygen atoms in total. The predicted molar refractivity (Wildman–Crippen MR) is 63.5 cm³/mol. The third-order valence-electron chi connectivity index (χ3n) is 3.57. The van der Waals surface area contributed by atoms with Crippen molar-refractivity contribution in [3.63, 3.8) is 0 Å². The molecule has 1 unspecified atom stereocenters. The van der Waals surface area contributed by atoms with Gasteiger partial charge in [-0.15, -0.1) is 0 Å². The number of fused-ring (bicyclic) bond motifs is 1. The Bertz CT molecular complexity index is 426. The third-order valence-corrected chi connectivity index (χ3v) is 3.57. The van der Waals surface area contributed by atoms with Crippen molar-refractivity contribution in [3.05, 3.63) is 29.8 Å². The zero-order chi connectivity index (χ0) is 11.1. The van der Waals surface area contributed by atoms with E-state index in [-0.39, 0.29) is 11.8 Å². The van der Waals surface area contributed by atoms with Crippen molar-refractivity contribution in [2.24, 2.45) is 0 Å². The first-order valence-corrected chi connectivity index (χ1v) is 5.87. The standard InChI is InChI=1S/C13H16N2O/c1-15(9-6-7-9)13(16)11-8-14-12-5-3-2-4-10(11)12/h2-5,9,11,14H,6-8H2,1H3. The molecule has 0 aromatic heterocycles. The second-order valence-electron chi connectivity index (χ2n) is 4.70. The summed E-state index contributed by atoms with van der Waals surface area (Å²) in [5, 5.41) is 3.30. The molecule has 0 bridgehead atoms. The van der Waals surface area contributed by atoms with Crippen LogP contribution in [0.25, 0.3) is 0 Å². The van der Waals surface area contributed by atoms with Crippen molar-refractivity contribution in [1.29, 1.82) is 0 Å². The number of anilines is 1. The van der Waals surface area contributed by atoms with Gasteiger partial charge in [0, 0.05) is 25.3 Å². The summed E-state index contributed by atoms with van der Waals surface area (Å²) in [5.41, 5.74) is 2.27. The average molecular weight is 216 g/mol. The molecule has 1 heterocycles. The topological polar surface area (TPSA) is 32.3 Å². The molecule has 0 radical (unpaired) electrons. The van der Waals surface area contributed by atoms with Crippen LogP contribution in [0.2, 0.25) is 0 Å². The largest absolute Gasteiger partial charge is 0.384 e. The molecule has 1 aliphatic heterocycles. The molecule has 2 aliphatic rings. The van der Waals surface area contributed by atoms with E-state index >= 15 is 0 Å². The molecule has 1 aliphatic carbocycles. The summed E-state index contributed by atoms with van der Waals surface area (Å²) in [4.78, 5) is 14.2. The minimum absolute atomic E-state index is 0.0156. The molecular formula is C13H16N2O. The quantitative estimate of drug-likeness (QED) is 0.817. The smallest absolute Gasteiger partial charge is 0.231 e. The fourth-order valence-electron chi connectivity index (χ4n) is 2.39. The van der Waals surface area contributed by atoms with Crippen molar-refractivity contribution in [2.75, 3.05) is 18.9 Å². The lowest BCUT2D eigenvalue weighted by Crippen LogP contribution is -2.34. The number of likely N-dealkylation sites (N-methyl/N-ethyl adjacent to an activating group) is 1. The Morgan fingerprint density at radius 3 is 2.88 bits per heavy atom. The lowest BCUT2D eigenvalue weighted by molar-refractivity contribution is -0.131. The van der Waals surface area contributed by atoms with Crippen LogP contribution in [-0.4, -0.2) is 30.4 Å². The number of rotatable bonds is 2. The van der Waals surface area contributed by atoms with Crippen molar-refractivity contribution in [3.8, 4) is 0 Å². The molecule has 1 saturated carbocycles. The Kier molecular flexibility index (Phi) is 2.13. The van der Waals surface area contributed by atoms with E-state index in [1.165, 1.54) is 12.8 Å². The van der Waals surface area contributed by atoms with Gasteiger partial charge in [-0.3, -0.25) is 4.79 Å². The molecule has 1 N–H and O–H groups in total. The lowest BCUT2D eigenvalue weighted by Gasteiger charge is -2.20. The molecule has 84 valence electrons. The second-order valence-corrected chi connectivity index (χ2v) is 4.70. The van der Waals surface area contributed by atoms with Crippen LogP contribution in [0.5, 0.6) is 0 Å². The van der Waals surface area contributed by atoms with Crippen molar-refractivity contribution < 1.29 is 4.79 Å². The molecule has 0 spiro atoms. The Hall–Kier alpha value is -1.51. The van der Waals surface area contributed by atoms with E-state index in [0.717, 1.165) is 17.8 Å². The fraction of sp³-hybridized carbons (Fsp3) is 0.462. The maximum absolute atomic E-state index is 12.3. The molecule has 1 aromatic rings. The summed E-state index contributed by atoms with van der Waals surface area (Å²) in [7, 11) is 1.93. The highest BCUT2D eigenvalue weighted by atomic mass is 16.2. The highest BCUT2D eigenvalue weighted by Gasteiger charge is 2.36. The molecule has 1 atom stereocenters. The normalized spacial score (nSPS) is 22.4. The number of hydrogen-bond acceptors (Lipinski definition) is 2. The molecule has 1 fully saturated rings.